The minimum absolute atomic E-state index is 0.196. The van der Waals surface area contributed by atoms with Gasteiger partial charge in [0.15, 0.2) is 0 Å². The summed E-state index contributed by atoms with van der Waals surface area (Å²) in [5.74, 6) is -0.641. The van der Waals surface area contributed by atoms with Gasteiger partial charge in [-0.1, -0.05) is 13.8 Å². The van der Waals surface area contributed by atoms with Crippen molar-refractivity contribution in [2.45, 2.75) is 26.4 Å². The Morgan fingerprint density at radius 2 is 2.00 bits per heavy atom. The van der Waals surface area contributed by atoms with Crippen LogP contribution in [0.2, 0.25) is 0 Å². The van der Waals surface area contributed by atoms with Crippen molar-refractivity contribution < 1.29 is 13.2 Å². The van der Waals surface area contributed by atoms with E-state index in [1.54, 1.807) is 0 Å². The Labute approximate surface area is 76.9 Å². The standard InChI is InChI=1S/C9H16F3N/c1-7(2)5-13-4-3-8(6-13)9(10,11)12/h7-8H,3-6H2,1-2H3/t8-/m0/s1. The maximum Gasteiger partial charge on any atom is 0.393 e. The molecule has 4 heteroatoms. The average molecular weight is 195 g/mol. The maximum atomic E-state index is 12.2. The lowest BCUT2D eigenvalue weighted by molar-refractivity contribution is -0.170. The summed E-state index contributed by atoms with van der Waals surface area (Å²) < 4.78 is 36.7. The van der Waals surface area contributed by atoms with E-state index in [0.29, 0.717) is 12.5 Å². The van der Waals surface area contributed by atoms with Crippen LogP contribution >= 0.6 is 0 Å². The summed E-state index contributed by atoms with van der Waals surface area (Å²) in [4.78, 5) is 1.91. The van der Waals surface area contributed by atoms with Crippen molar-refractivity contribution in [2.75, 3.05) is 19.6 Å². The molecule has 0 saturated carbocycles. The molecule has 0 bridgehead atoms. The van der Waals surface area contributed by atoms with Crippen molar-refractivity contribution in [3.63, 3.8) is 0 Å². The fourth-order valence-electron chi connectivity index (χ4n) is 1.78. The Hall–Kier alpha value is -0.250. The molecule has 1 fully saturated rings. The molecule has 1 saturated heterocycles. The molecule has 1 nitrogen and oxygen atoms in total. The molecule has 1 aliphatic heterocycles. The van der Waals surface area contributed by atoms with Crippen molar-refractivity contribution in [1.82, 2.24) is 4.90 Å². The van der Waals surface area contributed by atoms with E-state index in [1.807, 2.05) is 18.7 Å². The lowest BCUT2D eigenvalue weighted by Gasteiger charge is -2.19. The van der Waals surface area contributed by atoms with Crippen LogP contribution in [0, 0.1) is 11.8 Å². The third-order valence-corrected chi connectivity index (χ3v) is 2.36. The predicted molar refractivity (Wildman–Crippen MR) is 45.4 cm³/mol. The van der Waals surface area contributed by atoms with Gasteiger partial charge in [-0.15, -0.1) is 0 Å². The third-order valence-electron chi connectivity index (χ3n) is 2.36. The molecule has 0 aromatic carbocycles. The molecule has 0 spiro atoms. The van der Waals surface area contributed by atoms with Gasteiger partial charge in [0, 0.05) is 13.1 Å². The zero-order valence-electron chi connectivity index (χ0n) is 8.06. The van der Waals surface area contributed by atoms with E-state index in [-0.39, 0.29) is 13.0 Å². The summed E-state index contributed by atoms with van der Waals surface area (Å²) in [7, 11) is 0. The van der Waals surface area contributed by atoms with Crippen LogP contribution in [-0.2, 0) is 0 Å². The second kappa shape index (κ2) is 3.86. The van der Waals surface area contributed by atoms with Gasteiger partial charge in [-0.05, 0) is 18.9 Å². The molecule has 1 atom stereocenters. The van der Waals surface area contributed by atoms with Crippen molar-refractivity contribution in [1.29, 1.82) is 0 Å². The second-order valence-corrected chi connectivity index (χ2v) is 4.18. The Morgan fingerprint density at radius 3 is 2.38 bits per heavy atom. The molecule has 0 radical (unpaired) electrons. The first kappa shape index (κ1) is 10.8. The normalized spacial score (nSPS) is 25.8. The fourth-order valence-corrected chi connectivity index (χ4v) is 1.78. The van der Waals surface area contributed by atoms with Crippen molar-refractivity contribution in [3.8, 4) is 0 Å². The highest BCUT2D eigenvalue weighted by Gasteiger charge is 2.43. The smallest absolute Gasteiger partial charge is 0.302 e. The number of alkyl halides is 3. The molecule has 0 aromatic heterocycles. The van der Waals surface area contributed by atoms with E-state index in [4.69, 9.17) is 0 Å². The summed E-state index contributed by atoms with van der Waals surface area (Å²) in [6.07, 6.45) is -3.72. The molecule has 13 heavy (non-hydrogen) atoms. The van der Waals surface area contributed by atoms with Gasteiger partial charge in [-0.25, -0.2) is 0 Å². The number of rotatable bonds is 2. The quantitative estimate of drug-likeness (QED) is 0.654. The lowest BCUT2D eigenvalue weighted by atomic mass is 10.1. The molecule has 0 N–H and O–H groups in total. The highest BCUT2D eigenvalue weighted by atomic mass is 19.4. The van der Waals surface area contributed by atoms with Crippen molar-refractivity contribution in [2.24, 2.45) is 11.8 Å². The summed E-state index contributed by atoms with van der Waals surface area (Å²) in [5.41, 5.74) is 0. The van der Waals surface area contributed by atoms with Crippen LogP contribution in [0.1, 0.15) is 20.3 Å². The monoisotopic (exact) mass is 195 g/mol. The van der Waals surface area contributed by atoms with Gasteiger partial charge < -0.3 is 4.90 Å². The van der Waals surface area contributed by atoms with Crippen molar-refractivity contribution in [3.05, 3.63) is 0 Å². The minimum Gasteiger partial charge on any atom is -0.302 e. The van der Waals surface area contributed by atoms with Crippen LogP contribution in [0.3, 0.4) is 0 Å². The molecule has 0 unspecified atom stereocenters. The summed E-state index contributed by atoms with van der Waals surface area (Å²) in [6.45, 7) is 5.64. The van der Waals surface area contributed by atoms with Crippen LogP contribution in [0.4, 0.5) is 13.2 Å². The predicted octanol–water partition coefficient (Wildman–Crippen LogP) is 2.53. The largest absolute Gasteiger partial charge is 0.393 e. The van der Waals surface area contributed by atoms with Crippen LogP contribution in [0.5, 0.6) is 0 Å². The first-order valence-electron chi connectivity index (χ1n) is 4.68. The van der Waals surface area contributed by atoms with E-state index in [0.717, 1.165) is 6.54 Å². The van der Waals surface area contributed by atoms with Gasteiger partial charge in [0.25, 0.3) is 0 Å². The minimum atomic E-state index is -3.99. The Kier molecular flexibility index (Phi) is 3.22. The number of likely N-dealkylation sites (tertiary alicyclic amines) is 1. The van der Waals surface area contributed by atoms with E-state index in [9.17, 15) is 13.2 Å². The zero-order chi connectivity index (χ0) is 10.1. The Balaban J connectivity index is 2.36. The van der Waals surface area contributed by atoms with Crippen LogP contribution in [-0.4, -0.2) is 30.7 Å². The highest BCUT2D eigenvalue weighted by molar-refractivity contribution is 4.80. The van der Waals surface area contributed by atoms with Gasteiger partial charge >= 0.3 is 6.18 Å². The number of hydrogen-bond acceptors (Lipinski definition) is 1. The summed E-state index contributed by atoms with van der Waals surface area (Å²) in [6, 6.07) is 0. The topological polar surface area (TPSA) is 3.24 Å². The first-order valence-corrected chi connectivity index (χ1v) is 4.68. The average Bonchev–Trinajstić information content (AvgIpc) is 2.32. The molecule has 1 heterocycles. The lowest BCUT2D eigenvalue weighted by Crippen LogP contribution is -2.29. The SMILES string of the molecule is CC(C)CN1CC[C@H](C(F)(F)F)C1. The highest BCUT2D eigenvalue weighted by Crippen LogP contribution is 2.33. The van der Waals surface area contributed by atoms with Gasteiger partial charge in [0.1, 0.15) is 0 Å². The molecule has 1 aliphatic rings. The fraction of sp³-hybridized carbons (Fsp3) is 1.00. The van der Waals surface area contributed by atoms with Gasteiger partial charge in [0.05, 0.1) is 5.92 Å². The second-order valence-electron chi connectivity index (χ2n) is 4.18. The molecular weight excluding hydrogens is 179 g/mol. The molecule has 0 amide bonds. The van der Waals surface area contributed by atoms with Gasteiger partial charge in [0.2, 0.25) is 0 Å². The third kappa shape index (κ3) is 3.18. The van der Waals surface area contributed by atoms with Crippen LogP contribution in [0.15, 0.2) is 0 Å². The van der Waals surface area contributed by atoms with Gasteiger partial charge in [-0.2, -0.15) is 13.2 Å². The number of hydrogen-bond donors (Lipinski definition) is 0. The van der Waals surface area contributed by atoms with Crippen LogP contribution < -0.4 is 0 Å². The van der Waals surface area contributed by atoms with E-state index >= 15 is 0 Å². The maximum absolute atomic E-state index is 12.2. The van der Waals surface area contributed by atoms with E-state index < -0.39 is 12.1 Å². The van der Waals surface area contributed by atoms with E-state index in [1.165, 1.54) is 0 Å². The van der Waals surface area contributed by atoms with E-state index in [2.05, 4.69) is 0 Å². The Bertz CT molecular complexity index is 165. The molecule has 78 valence electrons. The zero-order valence-corrected chi connectivity index (χ0v) is 8.06. The Morgan fingerprint density at radius 1 is 1.38 bits per heavy atom. The summed E-state index contributed by atoms with van der Waals surface area (Å²) >= 11 is 0. The number of nitrogens with zero attached hydrogens (tertiary/aromatic N) is 1. The molecule has 1 rings (SSSR count). The molecule has 0 aromatic rings. The number of halogens is 3. The van der Waals surface area contributed by atoms with Crippen LogP contribution in [0.25, 0.3) is 0 Å². The molecular formula is C9H16F3N. The summed E-state index contributed by atoms with van der Waals surface area (Å²) in [5, 5.41) is 0. The van der Waals surface area contributed by atoms with Crippen molar-refractivity contribution >= 4 is 0 Å². The molecule has 0 aliphatic carbocycles. The van der Waals surface area contributed by atoms with Gasteiger partial charge in [-0.3, -0.25) is 0 Å². The first-order chi connectivity index (χ1) is 5.89.